The molecule has 0 saturated heterocycles. The fourth-order valence-electron chi connectivity index (χ4n) is 3.55. The molecule has 1 heterocycles. The SMILES string of the molecule is COc1ccc(-c2cc3ccc(OCC(COC(=O)C(C)(C)C)CC(F)(F)F)cc3oc2=O)c(OC(F)(F)F)c1. The van der Waals surface area contributed by atoms with Crippen LogP contribution in [0, 0.1) is 11.3 Å². The lowest BCUT2D eigenvalue weighted by Gasteiger charge is -2.22. The minimum absolute atomic E-state index is 0.0235. The molecule has 0 aliphatic rings. The first kappa shape index (κ1) is 30.6. The lowest BCUT2D eigenvalue weighted by molar-refractivity contribution is -0.274. The van der Waals surface area contributed by atoms with E-state index in [9.17, 15) is 35.9 Å². The van der Waals surface area contributed by atoms with Crippen molar-refractivity contribution in [2.75, 3.05) is 20.3 Å². The lowest BCUT2D eigenvalue weighted by Crippen LogP contribution is -2.30. The number of carbonyl (C=O) groups excluding carboxylic acids is 1. The zero-order valence-corrected chi connectivity index (χ0v) is 21.9. The van der Waals surface area contributed by atoms with Crippen molar-refractivity contribution < 1.29 is 54.5 Å². The molecule has 40 heavy (non-hydrogen) atoms. The first-order chi connectivity index (χ1) is 18.4. The van der Waals surface area contributed by atoms with Crippen molar-refractivity contribution in [2.45, 2.75) is 39.7 Å². The fourth-order valence-corrected chi connectivity index (χ4v) is 3.55. The van der Waals surface area contributed by atoms with Gasteiger partial charge in [-0.05, 0) is 51.1 Å². The number of benzene rings is 2. The molecule has 0 fully saturated rings. The van der Waals surface area contributed by atoms with Crippen LogP contribution in [0.4, 0.5) is 26.3 Å². The first-order valence-electron chi connectivity index (χ1n) is 11.8. The van der Waals surface area contributed by atoms with E-state index in [1.165, 1.54) is 43.5 Å². The summed E-state index contributed by atoms with van der Waals surface area (Å²) in [5.41, 5.74) is -2.34. The number of fused-ring (bicyclic) bond motifs is 1. The summed E-state index contributed by atoms with van der Waals surface area (Å²) in [5.74, 6) is -2.43. The number of alkyl halides is 6. The van der Waals surface area contributed by atoms with Crippen molar-refractivity contribution >= 4 is 16.9 Å². The molecule has 0 amide bonds. The summed E-state index contributed by atoms with van der Waals surface area (Å²) in [6, 6.07) is 8.88. The Kier molecular flexibility index (Phi) is 8.95. The standard InChI is InChI=1S/C27H26F6O7/c1-25(2,3)24(35)38-14-15(12-26(28,29)30)13-37-18-6-5-16-9-20(23(34)39-21(16)11-18)19-8-7-17(36-4)10-22(19)40-27(31,32)33/h5-11,15H,12-14H2,1-4H3. The van der Waals surface area contributed by atoms with Gasteiger partial charge in [0.1, 0.15) is 22.8 Å². The van der Waals surface area contributed by atoms with Crippen LogP contribution in [0.5, 0.6) is 17.2 Å². The highest BCUT2D eigenvalue weighted by Crippen LogP contribution is 2.37. The minimum atomic E-state index is -5.04. The molecule has 1 atom stereocenters. The molecule has 0 aliphatic heterocycles. The Morgan fingerprint density at radius 2 is 1.57 bits per heavy atom. The van der Waals surface area contributed by atoms with E-state index in [1.54, 1.807) is 20.8 Å². The van der Waals surface area contributed by atoms with Crippen LogP contribution in [-0.2, 0) is 9.53 Å². The number of ether oxygens (including phenoxy) is 4. The highest BCUT2D eigenvalue weighted by atomic mass is 19.4. The fraction of sp³-hybridized carbons (Fsp3) is 0.407. The van der Waals surface area contributed by atoms with E-state index in [0.717, 1.165) is 6.07 Å². The molecule has 1 aromatic heterocycles. The minimum Gasteiger partial charge on any atom is -0.497 e. The highest BCUT2D eigenvalue weighted by Gasteiger charge is 2.34. The van der Waals surface area contributed by atoms with Crippen molar-refractivity contribution in [3.63, 3.8) is 0 Å². The van der Waals surface area contributed by atoms with E-state index < -0.39 is 60.9 Å². The molecule has 3 aromatic rings. The predicted octanol–water partition coefficient (Wildman–Crippen LogP) is 6.90. The molecule has 0 saturated carbocycles. The van der Waals surface area contributed by atoms with Gasteiger partial charge in [0.25, 0.3) is 0 Å². The van der Waals surface area contributed by atoms with E-state index in [-0.39, 0.29) is 28.2 Å². The smallest absolute Gasteiger partial charge is 0.497 e. The van der Waals surface area contributed by atoms with Crippen LogP contribution < -0.4 is 19.8 Å². The van der Waals surface area contributed by atoms with Crippen molar-refractivity contribution in [2.24, 2.45) is 11.3 Å². The van der Waals surface area contributed by atoms with Crippen LogP contribution >= 0.6 is 0 Å². The van der Waals surface area contributed by atoms with Gasteiger partial charge in [0.2, 0.25) is 0 Å². The summed E-state index contributed by atoms with van der Waals surface area (Å²) in [7, 11) is 1.25. The summed E-state index contributed by atoms with van der Waals surface area (Å²) in [6.07, 6.45) is -10.8. The van der Waals surface area contributed by atoms with Gasteiger partial charge in [-0.25, -0.2) is 4.79 Å². The predicted molar refractivity (Wildman–Crippen MR) is 131 cm³/mol. The Morgan fingerprint density at radius 1 is 0.900 bits per heavy atom. The van der Waals surface area contributed by atoms with Gasteiger partial charge in [-0.15, -0.1) is 13.2 Å². The molecule has 218 valence electrons. The number of halogens is 6. The molecule has 0 N–H and O–H groups in total. The summed E-state index contributed by atoms with van der Waals surface area (Å²) in [6.45, 7) is 3.72. The molecule has 0 spiro atoms. The third-order valence-corrected chi connectivity index (χ3v) is 5.48. The average molecular weight is 576 g/mol. The van der Waals surface area contributed by atoms with Crippen LogP contribution in [0.3, 0.4) is 0 Å². The van der Waals surface area contributed by atoms with Crippen LogP contribution in [0.2, 0.25) is 0 Å². The summed E-state index contributed by atoms with van der Waals surface area (Å²) in [5, 5.41) is 0.293. The molecule has 2 aromatic carbocycles. The van der Waals surface area contributed by atoms with E-state index in [2.05, 4.69) is 4.74 Å². The van der Waals surface area contributed by atoms with Gasteiger partial charge < -0.3 is 23.4 Å². The Balaban J connectivity index is 1.85. The average Bonchev–Trinajstić information content (AvgIpc) is 2.82. The maximum absolute atomic E-state index is 13.1. The number of carbonyl (C=O) groups is 1. The summed E-state index contributed by atoms with van der Waals surface area (Å²) < 4.78 is 103. The van der Waals surface area contributed by atoms with Gasteiger partial charge in [0.05, 0.1) is 37.7 Å². The second-order valence-corrected chi connectivity index (χ2v) is 9.90. The van der Waals surface area contributed by atoms with Crippen molar-refractivity contribution in [3.05, 3.63) is 52.9 Å². The van der Waals surface area contributed by atoms with Crippen LogP contribution in [0.1, 0.15) is 27.2 Å². The maximum atomic E-state index is 13.1. The monoisotopic (exact) mass is 576 g/mol. The summed E-state index contributed by atoms with van der Waals surface area (Å²) in [4.78, 5) is 24.7. The van der Waals surface area contributed by atoms with E-state index in [1.807, 2.05) is 0 Å². The Morgan fingerprint density at radius 3 is 2.17 bits per heavy atom. The molecular weight excluding hydrogens is 550 g/mol. The zero-order valence-electron chi connectivity index (χ0n) is 21.9. The Bertz CT molecular complexity index is 1400. The Labute approximate surface area is 224 Å². The second-order valence-electron chi connectivity index (χ2n) is 9.90. The third kappa shape index (κ3) is 8.55. The van der Waals surface area contributed by atoms with Gasteiger partial charge in [-0.2, -0.15) is 13.2 Å². The van der Waals surface area contributed by atoms with Gasteiger partial charge in [0.15, 0.2) is 0 Å². The van der Waals surface area contributed by atoms with Gasteiger partial charge in [-0.3, -0.25) is 4.79 Å². The molecular formula is C27H26F6O7. The second kappa shape index (κ2) is 11.7. The number of methoxy groups -OCH3 is 1. The van der Waals surface area contributed by atoms with Crippen LogP contribution in [-0.4, -0.2) is 38.8 Å². The highest BCUT2D eigenvalue weighted by molar-refractivity contribution is 5.84. The molecule has 0 radical (unpaired) electrons. The molecule has 1 unspecified atom stereocenters. The van der Waals surface area contributed by atoms with Gasteiger partial charge in [0, 0.05) is 29.0 Å². The van der Waals surface area contributed by atoms with E-state index in [0.29, 0.717) is 5.39 Å². The maximum Gasteiger partial charge on any atom is 0.573 e. The van der Waals surface area contributed by atoms with E-state index in [4.69, 9.17) is 18.6 Å². The van der Waals surface area contributed by atoms with E-state index >= 15 is 0 Å². The number of hydrogen-bond acceptors (Lipinski definition) is 7. The number of esters is 1. The first-order valence-corrected chi connectivity index (χ1v) is 11.8. The topological polar surface area (TPSA) is 84.2 Å². The normalized spacial score (nSPS) is 13.2. The van der Waals surface area contributed by atoms with Crippen molar-refractivity contribution in [1.29, 1.82) is 0 Å². The van der Waals surface area contributed by atoms with Gasteiger partial charge >= 0.3 is 24.1 Å². The molecule has 0 bridgehead atoms. The number of hydrogen-bond donors (Lipinski definition) is 0. The quantitative estimate of drug-likeness (QED) is 0.156. The zero-order chi connectivity index (χ0) is 29.9. The Hall–Kier alpha value is -3.90. The molecule has 13 heteroatoms. The number of rotatable bonds is 9. The third-order valence-electron chi connectivity index (χ3n) is 5.48. The lowest BCUT2D eigenvalue weighted by atomic mass is 9.97. The molecule has 0 aliphatic carbocycles. The summed E-state index contributed by atoms with van der Waals surface area (Å²) >= 11 is 0. The van der Waals surface area contributed by atoms with Crippen molar-refractivity contribution in [3.8, 4) is 28.4 Å². The largest absolute Gasteiger partial charge is 0.573 e. The van der Waals surface area contributed by atoms with Gasteiger partial charge in [-0.1, -0.05) is 0 Å². The van der Waals surface area contributed by atoms with Crippen molar-refractivity contribution in [1.82, 2.24) is 0 Å². The van der Waals surface area contributed by atoms with Crippen LogP contribution in [0.15, 0.2) is 51.7 Å². The van der Waals surface area contributed by atoms with Crippen LogP contribution in [0.25, 0.3) is 22.1 Å². The molecule has 7 nitrogen and oxygen atoms in total. The molecule has 3 rings (SSSR count).